The number of imidazole rings is 1. The summed E-state index contributed by atoms with van der Waals surface area (Å²) in [5.41, 5.74) is 1.43. The van der Waals surface area contributed by atoms with Gasteiger partial charge in [0.2, 0.25) is 0 Å². The molecule has 2 heterocycles. The number of aromatic nitrogens is 2. The fourth-order valence-corrected chi connectivity index (χ4v) is 2.93. The minimum Gasteiger partial charge on any atom is -0.508 e. The van der Waals surface area contributed by atoms with Crippen molar-refractivity contribution in [2.24, 2.45) is 4.99 Å². The van der Waals surface area contributed by atoms with Gasteiger partial charge in [-0.2, -0.15) is 0 Å². The number of aromatic hydroxyl groups is 1. The summed E-state index contributed by atoms with van der Waals surface area (Å²) in [5, 5.41) is 18.7. The number of aliphatic hydroxyl groups excluding tert-OH is 1. The molecule has 7 nitrogen and oxygen atoms in total. The lowest BCUT2D eigenvalue weighted by atomic mass is 10.3. The molecular formula is C13H13N3O4S. The summed E-state index contributed by atoms with van der Waals surface area (Å²) in [4.78, 5) is 23.4. The zero-order chi connectivity index (χ0) is 14.8. The van der Waals surface area contributed by atoms with E-state index in [0.717, 1.165) is 5.52 Å². The molecule has 110 valence electrons. The molecule has 0 saturated carbocycles. The van der Waals surface area contributed by atoms with Gasteiger partial charge in [0.15, 0.2) is 11.9 Å². The van der Waals surface area contributed by atoms with Crippen molar-refractivity contribution < 1.29 is 19.7 Å². The highest BCUT2D eigenvalue weighted by Crippen LogP contribution is 2.25. The summed E-state index contributed by atoms with van der Waals surface area (Å²) in [7, 11) is 0. The third kappa shape index (κ3) is 2.86. The molecule has 0 amide bonds. The van der Waals surface area contributed by atoms with Crippen LogP contribution in [-0.2, 0) is 9.53 Å². The molecule has 0 radical (unpaired) electrons. The Labute approximate surface area is 124 Å². The number of esters is 1. The topological polar surface area (TPSA) is 108 Å². The van der Waals surface area contributed by atoms with E-state index >= 15 is 0 Å². The molecule has 1 atom stereocenters. The minimum atomic E-state index is -0.571. The maximum atomic E-state index is 11.7. The van der Waals surface area contributed by atoms with Crippen molar-refractivity contribution in [2.75, 3.05) is 19.0 Å². The van der Waals surface area contributed by atoms with Crippen molar-refractivity contribution in [3.63, 3.8) is 0 Å². The van der Waals surface area contributed by atoms with Gasteiger partial charge in [-0.15, -0.1) is 11.8 Å². The van der Waals surface area contributed by atoms with Gasteiger partial charge >= 0.3 is 5.97 Å². The van der Waals surface area contributed by atoms with Gasteiger partial charge in [0, 0.05) is 11.8 Å². The molecule has 0 unspecified atom stereocenters. The average Bonchev–Trinajstić information content (AvgIpc) is 3.10. The Hall–Kier alpha value is -2.06. The summed E-state index contributed by atoms with van der Waals surface area (Å²) in [6.45, 7) is -0.218. The summed E-state index contributed by atoms with van der Waals surface area (Å²) < 4.78 is 4.86. The zero-order valence-corrected chi connectivity index (χ0v) is 11.8. The highest BCUT2D eigenvalue weighted by atomic mass is 32.2. The molecule has 1 aromatic carbocycles. The zero-order valence-electron chi connectivity index (χ0n) is 10.9. The number of benzene rings is 1. The van der Waals surface area contributed by atoms with Gasteiger partial charge in [-0.05, 0) is 12.1 Å². The largest absolute Gasteiger partial charge is 0.508 e. The number of fused-ring (bicyclic) bond motifs is 1. The predicted molar refractivity (Wildman–Crippen MR) is 78.6 cm³/mol. The molecule has 3 N–H and O–H groups in total. The van der Waals surface area contributed by atoms with Gasteiger partial charge in [-0.1, -0.05) is 0 Å². The van der Waals surface area contributed by atoms with E-state index < -0.39 is 12.0 Å². The number of carbonyl (C=O) groups excluding carboxylic acids is 1. The number of phenols is 1. The molecule has 0 saturated heterocycles. The van der Waals surface area contributed by atoms with Crippen LogP contribution in [0.1, 0.15) is 5.82 Å². The second-order valence-electron chi connectivity index (χ2n) is 4.44. The van der Waals surface area contributed by atoms with Crippen LogP contribution in [0, 0.1) is 0 Å². The summed E-state index contributed by atoms with van der Waals surface area (Å²) in [6, 6.07) is 4.28. The first kappa shape index (κ1) is 13.9. The number of phenolic OH excluding ortho intramolecular Hbond substituents is 1. The summed E-state index contributed by atoms with van der Waals surface area (Å²) in [6.07, 6.45) is 0. The maximum Gasteiger partial charge on any atom is 0.331 e. The number of hydrogen-bond acceptors (Lipinski definition) is 7. The number of ether oxygens (including phenoxy) is 1. The Morgan fingerprint density at radius 3 is 3.19 bits per heavy atom. The van der Waals surface area contributed by atoms with Crippen LogP contribution < -0.4 is 0 Å². The monoisotopic (exact) mass is 307 g/mol. The number of carbonyl (C=O) groups is 1. The van der Waals surface area contributed by atoms with Crippen LogP contribution in [0.15, 0.2) is 23.2 Å². The molecule has 1 aromatic heterocycles. The molecular weight excluding hydrogens is 294 g/mol. The van der Waals surface area contributed by atoms with Gasteiger partial charge in [0.05, 0.1) is 17.6 Å². The Balaban J connectivity index is 1.81. The molecule has 3 rings (SSSR count). The average molecular weight is 307 g/mol. The minimum absolute atomic E-state index is 0.0191. The predicted octanol–water partition coefficient (Wildman–Crippen LogP) is 0.666. The van der Waals surface area contributed by atoms with Crippen LogP contribution in [-0.4, -0.2) is 56.2 Å². The van der Waals surface area contributed by atoms with E-state index in [1.54, 1.807) is 18.2 Å². The first-order valence-corrected chi connectivity index (χ1v) is 7.33. The molecule has 0 fully saturated rings. The number of hydrogen-bond donors (Lipinski definition) is 3. The fourth-order valence-electron chi connectivity index (χ4n) is 1.97. The van der Waals surface area contributed by atoms with Crippen LogP contribution in [0.25, 0.3) is 11.0 Å². The van der Waals surface area contributed by atoms with E-state index in [4.69, 9.17) is 9.84 Å². The van der Waals surface area contributed by atoms with Crippen LogP contribution in [0.3, 0.4) is 0 Å². The second-order valence-corrected chi connectivity index (χ2v) is 5.45. The highest BCUT2D eigenvalue weighted by molar-refractivity contribution is 8.14. The smallest absolute Gasteiger partial charge is 0.331 e. The molecule has 0 aliphatic carbocycles. The van der Waals surface area contributed by atoms with Crippen molar-refractivity contribution >= 4 is 33.8 Å². The van der Waals surface area contributed by atoms with Crippen LogP contribution in [0.2, 0.25) is 0 Å². The number of nitrogens with zero attached hydrogens (tertiary/aromatic N) is 2. The van der Waals surface area contributed by atoms with Crippen LogP contribution in [0.4, 0.5) is 0 Å². The molecule has 2 aromatic rings. The summed E-state index contributed by atoms with van der Waals surface area (Å²) >= 11 is 1.42. The molecule has 8 heteroatoms. The van der Waals surface area contributed by atoms with Gasteiger partial charge in [-0.25, -0.2) is 9.78 Å². The van der Waals surface area contributed by atoms with E-state index in [9.17, 15) is 9.90 Å². The summed E-state index contributed by atoms with van der Waals surface area (Å²) in [5.74, 6) is 0.768. The van der Waals surface area contributed by atoms with Gasteiger partial charge in [0.1, 0.15) is 17.4 Å². The number of aliphatic hydroxyl groups is 1. The first-order chi connectivity index (χ1) is 10.2. The SMILES string of the molecule is O=C(OCCO)[C@H]1CSC(c2nc3ccc(O)cc3[nH]2)=N1. The van der Waals surface area contributed by atoms with Crippen LogP contribution >= 0.6 is 11.8 Å². The normalized spacial score (nSPS) is 18.0. The second kappa shape index (κ2) is 5.74. The van der Waals surface area contributed by atoms with Crippen molar-refractivity contribution in [1.82, 2.24) is 9.97 Å². The van der Waals surface area contributed by atoms with Crippen molar-refractivity contribution in [3.8, 4) is 5.75 Å². The van der Waals surface area contributed by atoms with E-state index in [1.807, 2.05) is 0 Å². The molecule has 21 heavy (non-hydrogen) atoms. The van der Waals surface area contributed by atoms with Crippen molar-refractivity contribution in [1.29, 1.82) is 0 Å². The van der Waals surface area contributed by atoms with Gasteiger partial charge in [-0.3, -0.25) is 4.99 Å². The number of H-pyrrole nitrogens is 1. The fraction of sp³-hybridized carbons (Fsp3) is 0.308. The Bertz CT molecular complexity index is 713. The van der Waals surface area contributed by atoms with Gasteiger partial charge in [0.25, 0.3) is 0 Å². The lowest BCUT2D eigenvalue weighted by Crippen LogP contribution is -2.22. The number of aromatic amines is 1. The van der Waals surface area contributed by atoms with E-state index in [-0.39, 0.29) is 19.0 Å². The molecule has 1 aliphatic rings. The Morgan fingerprint density at radius 2 is 2.38 bits per heavy atom. The number of nitrogens with one attached hydrogen (secondary N) is 1. The third-order valence-corrected chi connectivity index (χ3v) is 3.98. The molecule has 0 bridgehead atoms. The maximum absolute atomic E-state index is 11.7. The quantitative estimate of drug-likeness (QED) is 0.716. The molecule has 1 aliphatic heterocycles. The highest BCUT2D eigenvalue weighted by Gasteiger charge is 2.28. The Kier molecular flexibility index (Phi) is 3.80. The standard InChI is InChI=1S/C13H13N3O4S/c17-3-4-20-13(19)10-6-21-12(16-10)11-14-8-2-1-7(18)5-9(8)15-11/h1-2,5,10,17-18H,3-4,6H2,(H,14,15)/t10-/m1/s1. The number of thioether (sulfide) groups is 1. The molecule has 0 spiro atoms. The van der Waals surface area contributed by atoms with Gasteiger partial charge < -0.3 is 19.9 Å². The van der Waals surface area contributed by atoms with E-state index in [0.29, 0.717) is 22.1 Å². The Morgan fingerprint density at radius 1 is 1.52 bits per heavy atom. The van der Waals surface area contributed by atoms with Crippen molar-refractivity contribution in [2.45, 2.75) is 6.04 Å². The van der Waals surface area contributed by atoms with Crippen LogP contribution in [0.5, 0.6) is 5.75 Å². The first-order valence-electron chi connectivity index (χ1n) is 6.34. The lowest BCUT2D eigenvalue weighted by Gasteiger charge is -2.04. The van der Waals surface area contributed by atoms with E-state index in [2.05, 4.69) is 15.0 Å². The van der Waals surface area contributed by atoms with Crippen molar-refractivity contribution in [3.05, 3.63) is 24.0 Å². The van der Waals surface area contributed by atoms with E-state index in [1.165, 1.54) is 11.8 Å². The lowest BCUT2D eigenvalue weighted by molar-refractivity contribution is -0.145. The third-order valence-electron chi connectivity index (χ3n) is 2.93. The number of rotatable bonds is 4. The number of aliphatic imine (C=N–C) groups is 1.